The van der Waals surface area contributed by atoms with E-state index in [9.17, 15) is 8.42 Å². The normalized spacial score (nSPS) is 11.4. The SMILES string of the molecule is Cc1ccc(NCc2ccc(S(N)(=O)=O)o2)cc1. The van der Waals surface area contributed by atoms with Crippen LogP contribution in [0.15, 0.2) is 45.9 Å². The molecule has 3 N–H and O–H groups in total. The summed E-state index contributed by atoms with van der Waals surface area (Å²) in [6.07, 6.45) is 0. The number of furan rings is 1. The number of primary sulfonamides is 1. The summed E-state index contributed by atoms with van der Waals surface area (Å²) in [6.45, 7) is 2.41. The molecule has 0 amide bonds. The molecule has 0 aliphatic heterocycles. The molecule has 0 aliphatic rings. The predicted octanol–water partition coefficient (Wildman–Crippen LogP) is 1.85. The quantitative estimate of drug-likeness (QED) is 0.884. The summed E-state index contributed by atoms with van der Waals surface area (Å²) >= 11 is 0. The summed E-state index contributed by atoms with van der Waals surface area (Å²) < 4.78 is 27.2. The summed E-state index contributed by atoms with van der Waals surface area (Å²) in [5, 5.41) is 7.86. The molecule has 0 aliphatic carbocycles. The van der Waals surface area contributed by atoms with E-state index in [0.717, 1.165) is 5.69 Å². The van der Waals surface area contributed by atoms with Crippen molar-refractivity contribution in [2.45, 2.75) is 18.6 Å². The van der Waals surface area contributed by atoms with Gasteiger partial charge in [0.25, 0.3) is 10.0 Å². The number of nitrogens with one attached hydrogen (secondary N) is 1. The third-order valence-electron chi connectivity index (χ3n) is 2.44. The molecule has 0 saturated carbocycles. The molecule has 0 saturated heterocycles. The lowest BCUT2D eigenvalue weighted by Crippen LogP contribution is -2.10. The zero-order valence-corrected chi connectivity index (χ0v) is 10.7. The number of rotatable bonds is 4. The predicted molar refractivity (Wildman–Crippen MR) is 68.6 cm³/mol. The van der Waals surface area contributed by atoms with Crippen molar-refractivity contribution < 1.29 is 12.8 Å². The fraction of sp³-hybridized carbons (Fsp3) is 0.167. The third kappa shape index (κ3) is 3.12. The fourth-order valence-corrected chi connectivity index (χ4v) is 1.95. The second-order valence-corrected chi connectivity index (χ2v) is 5.48. The average Bonchev–Trinajstić information content (AvgIpc) is 2.77. The molecule has 6 heteroatoms. The molecule has 18 heavy (non-hydrogen) atoms. The van der Waals surface area contributed by atoms with Crippen LogP contribution >= 0.6 is 0 Å². The minimum absolute atomic E-state index is 0.219. The smallest absolute Gasteiger partial charge is 0.271 e. The van der Waals surface area contributed by atoms with Crippen LogP contribution in [0.4, 0.5) is 5.69 Å². The molecule has 1 aromatic heterocycles. The van der Waals surface area contributed by atoms with Gasteiger partial charge in [-0.3, -0.25) is 0 Å². The van der Waals surface area contributed by atoms with Gasteiger partial charge in [0.15, 0.2) is 0 Å². The number of benzene rings is 1. The Morgan fingerprint density at radius 2 is 1.83 bits per heavy atom. The first-order valence-corrected chi connectivity index (χ1v) is 6.92. The highest BCUT2D eigenvalue weighted by Gasteiger charge is 2.12. The average molecular weight is 266 g/mol. The van der Waals surface area contributed by atoms with Crippen LogP contribution in [0.2, 0.25) is 0 Å². The van der Waals surface area contributed by atoms with Crippen LogP contribution in [0.25, 0.3) is 0 Å². The summed E-state index contributed by atoms with van der Waals surface area (Å²) in [6, 6.07) is 10.8. The number of aryl methyl sites for hydroxylation is 1. The Balaban J connectivity index is 2.03. The molecular formula is C12H14N2O3S. The van der Waals surface area contributed by atoms with Gasteiger partial charge in [-0.1, -0.05) is 17.7 Å². The van der Waals surface area contributed by atoms with Gasteiger partial charge in [-0.2, -0.15) is 0 Å². The summed E-state index contributed by atoms with van der Waals surface area (Å²) in [5.41, 5.74) is 2.12. The Labute approximate surface area is 106 Å². The number of anilines is 1. The van der Waals surface area contributed by atoms with E-state index >= 15 is 0 Å². The van der Waals surface area contributed by atoms with Crippen molar-refractivity contribution in [3.63, 3.8) is 0 Å². The van der Waals surface area contributed by atoms with E-state index in [4.69, 9.17) is 9.56 Å². The zero-order chi connectivity index (χ0) is 13.2. The first-order chi connectivity index (χ1) is 8.45. The van der Waals surface area contributed by atoms with Crippen LogP contribution in [0, 0.1) is 6.92 Å². The molecule has 2 aromatic rings. The van der Waals surface area contributed by atoms with Crippen LogP contribution in [-0.2, 0) is 16.6 Å². The molecule has 2 rings (SSSR count). The van der Waals surface area contributed by atoms with E-state index in [2.05, 4.69) is 5.32 Å². The van der Waals surface area contributed by atoms with E-state index in [-0.39, 0.29) is 5.09 Å². The van der Waals surface area contributed by atoms with Crippen LogP contribution in [-0.4, -0.2) is 8.42 Å². The topological polar surface area (TPSA) is 85.3 Å². The number of hydrogen-bond acceptors (Lipinski definition) is 4. The molecule has 0 spiro atoms. The van der Waals surface area contributed by atoms with Crippen molar-refractivity contribution in [1.29, 1.82) is 0 Å². The van der Waals surface area contributed by atoms with E-state index < -0.39 is 10.0 Å². The van der Waals surface area contributed by atoms with Gasteiger partial charge in [0, 0.05) is 5.69 Å². The van der Waals surface area contributed by atoms with Crippen molar-refractivity contribution >= 4 is 15.7 Å². The van der Waals surface area contributed by atoms with E-state index in [1.807, 2.05) is 31.2 Å². The van der Waals surface area contributed by atoms with Gasteiger partial charge in [-0.05, 0) is 31.2 Å². The Kier molecular flexibility index (Phi) is 3.40. The molecule has 0 fully saturated rings. The van der Waals surface area contributed by atoms with Crippen molar-refractivity contribution in [2.75, 3.05) is 5.32 Å². The first-order valence-electron chi connectivity index (χ1n) is 5.37. The maximum absolute atomic E-state index is 11.0. The largest absolute Gasteiger partial charge is 0.446 e. The minimum atomic E-state index is -3.77. The molecule has 5 nitrogen and oxygen atoms in total. The van der Waals surface area contributed by atoms with Crippen LogP contribution in [0.5, 0.6) is 0 Å². The van der Waals surface area contributed by atoms with Crippen molar-refractivity contribution in [2.24, 2.45) is 5.14 Å². The molecule has 0 bridgehead atoms. The van der Waals surface area contributed by atoms with E-state index in [1.165, 1.54) is 11.6 Å². The molecular weight excluding hydrogens is 252 g/mol. The van der Waals surface area contributed by atoms with Crippen molar-refractivity contribution in [3.8, 4) is 0 Å². The fourth-order valence-electron chi connectivity index (χ4n) is 1.47. The van der Waals surface area contributed by atoms with Crippen LogP contribution in [0.1, 0.15) is 11.3 Å². The number of sulfonamides is 1. The Hall–Kier alpha value is -1.79. The molecule has 1 heterocycles. The minimum Gasteiger partial charge on any atom is -0.446 e. The highest BCUT2D eigenvalue weighted by atomic mass is 32.2. The molecule has 1 aromatic carbocycles. The maximum Gasteiger partial charge on any atom is 0.271 e. The molecule has 96 valence electrons. The molecule has 0 radical (unpaired) electrons. The summed E-state index contributed by atoms with van der Waals surface area (Å²) in [5.74, 6) is 0.514. The first kappa shape index (κ1) is 12.7. The van der Waals surface area contributed by atoms with Crippen molar-refractivity contribution in [1.82, 2.24) is 0 Å². The van der Waals surface area contributed by atoms with Gasteiger partial charge in [0.05, 0.1) is 6.54 Å². The lowest BCUT2D eigenvalue weighted by molar-refractivity contribution is 0.419. The van der Waals surface area contributed by atoms with Gasteiger partial charge in [-0.15, -0.1) is 0 Å². The second kappa shape index (κ2) is 4.83. The highest BCUT2D eigenvalue weighted by molar-refractivity contribution is 7.89. The maximum atomic E-state index is 11.0. The standard InChI is InChI=1S/C12H14N2O3S/c1-9-2-4-10(5-3-9)14-8-11-6-7-12(17-11)18(13,15)16/h2-7,14H,8H2,1H3,(H2,13,15,16). The highest BCUT2D eigenvalue weighted by Crippen LogP contribution is 2.15. The monoisotopic (exact) mass is 266 g/mol. The van der Waals surface area contributed by atoms with E-state index in [1.54, 1.807) is 6.07 Å². The van der Waals surface area contributed by atoms with Gasteiger partial charge < -0.3 is 9.73 Å². The van der Waals surface area contributed by atoms with Crippen molar-refractivity contribution in [3.05, 3.63) is 47.7 Å². The number of hydrogen-bond donors (Lipinski definition) is 2. The zero-order valence-electron chi connectivity index (χ0n) is 9.88. The van der Waals surface area contributed by atoms with Gasteiger partial charge in [0.1, 0.15) is 5.76 Å². The number of nitrogens with two attached hydrogens (primary N) is 1. The second-order valence-electron chi connectivity index (χ2n) is 3.99. The van der Waals surface area contributed by atoms with Crippen LogP contribution < -0.4 is 10.5 Å². The summed E-state index contributed by atoms with van der Waals surface area (Å²) in [4.78, 5) is 0. The van der Waals surface area contributed by atoms with Gasteiger partial charge in [0.2, 0.25) is 5.09 Å². The lowest BCUT2D eigenvalue weighted by Gasteiger charge is -2.04. The van der Waals surface area contributed by atoms with E-state index in [0.29, 0.717) is 12.3 Å². The molecule has 0 unspecified atom stereocenters. The Morgan fingerprint density at radius 3 is 2.39 bits per heavy atom. The lowest BCUT2D eigenvalue weighted by atomic mass is 10.2. The van der Waals surface area contributed by atoms with Crippen LogP contribution in [0.3, 0.4) is 0 Å². The Bertz CT molecular complexity index is 630. The van der Waals surface area contributed by atoms with Gasteiger partial charge in [-0.25, -0.2) is 13.6 Å². The summed E-state index contributed by atoms with van der Waals surface area (Å²) in [7, 11) is -3.77. The van der Waals surface area contributed by atoms with Gasteiger partial charge >= 0.3 is 0 Å². The molecule has 0 atom stereocenters. The third-order valence-corrected chi connectivity index (χ3v) is 3.22. The Morgan fingerprint density at radius 1 is 1.17 bits per heavy atom.